The first-order valence-electron chi connectivity index (χ1n) is 6.30. The summed E-state index contributed by atoms with van der Waals surface area (Å²) in [5.41, 5.74) is 1.10. The van der Waals surface area contributed by atoms with E-state index in [1.165, 1.54) is 24.7 Å². The van der Waals surface area contributed by atoms with Crippen LogP contribution >= 0.6 is 0 Å². The highest BCUT2D eigenvalue weighted by molar-refractivity contribution is 5.94. The molecule has 0 bridgehead atoms. The maximum atomic E-state index is 13.0. The van der Waals surface area contributed by atoms with Crippen LogP contribution in [0.4, 0.5) is 4.39 Å². The van der Waals surface area contributed by atoms with Crippen LogP contribution in [0, 0.1) is 5.82 Å². The van der Waals surface area contributed by atoms with Crippen LogP contribution in [0.25, 0.3) is 0 Å². The fourth-order valence-electron chi connectivity index (χ4n) is 2.47. The van der Waals surface area contributed by atoms with E-state index in [1.54, 1.807) is 18.2 Å². The number of rotatable bonds is 3. The van der Waals surface area contributed by atoms with Gasteiger partial charge in [-0.15, -0.1) is 0 Å². The normalized spacial score (nSPS) is 16.7. The van der Waals surface area contributed by atoms with Crippen molar-refractivity contribution in [3.8, 4) is 0 Å². The molecule has 19 heavy (non-hydrogen) atoms. The molecule has 4 heteroatoms. The molecule has 1 fully saturated rings. The van der Waals surface area contributed by atoms with Crippen molar-refractivity contribution in [3.63, 3.8) is 0 Å². The Morgan fingerprint density at radius 3 is 2.47 bits per heavy atom. The van der Waals surface area contributed by atoms with E-state index in [1.807, 2.05) is 0 Å². The third-order valence-electron chi connectivity index (χ3n) is 3.74. The zero-order valence-electron chi connectivity index (χ0n) is 10.4. The molecule has 1 heterocycles. The Balaban J connectivity index is 1.83. The lowest BCUT2D eigenvalue weighted by molar-refractivity contribution is 0.0822. The minimum absolute atomic E-state index is 0.155. The summed E-state index contributed by atoms with van der Waals surface area (Å²) in [5, 5.41) is 3.05. The summed E-state index contributed by atoms with van der Waals surface area (Å²) < 4.78 is 17.9. The second kappa shape index (κ2) is 4.53. The van der Waals surface area contributed by atoms with Gasteiger partial charge in [-0.3, -0.25) is 4.79 Å². The van der Waals surface area contributed by atoms with Crippen molar-refractivity contribution in [2.45, 2.75) is 24.8 Å². The van der Waals surface area contributed by atoms with E-state index in [9.17, 15) is 9.18 Å². The number of furan rings is 1. The lowest BCUT2D eigenvalue weighted by Crippen LogP contribution is -2.50. The molecule has 1 aliphatic carbocycles. The van der Waals surface area contributed by atoms with Crippen LogP contribution in [0.1, 0.15) is 35.2 Å². The Hall–Kier alpha value is -2.10. The molecule has 0 atom stereocenters. The number of carbonyl (C=O) groups excluding carboxylic acids is 1. The minimum Gasteiger partial charge on any atom is -0.472 e. The molecule has 2 aromatic rings. The number of hydrogen-bond acceptors (Lipinski definition) is 2. The molecule has 0 saturated heterocycles. The van der Waals surface area contributed by atoms with Crippen molar-refractivity contribution in [2.75, 3.05) is 0 Å². The first kappa shape index (κ1) is 12.0. The van der Waals surface area contributed by atoms with Gasteiger partial charge in [0.15, 0.2) is 0 Å². The van der Waals surface area contributed by atoms with Gasteiger partial charge in [0.1, 0.15) is 12.1 Å². The van der Waals surface area contributed by atoms with Gasteiger partial charge in [0.25, 0.3) is 5.91 Å². The molecule has 3 nitrogen and oxygen atoms in total. The number of hydrogen-bond donors (Lipinski definition) is 1. The Morgan fingerprint density at radius 2 is 1.95 bits per heavy atom. The van der Waals surface area contributed by atoms with Crippen LogP contribution in [0.5, 0.6) is 0 Å². The third-order valence-corrected chi connectivity index (χ3v) is 3.74. The first-order chi connectivity index (χ1) is 9.20. The van der Waals surface area contributed by atoms with Crippen molar-refractivity contribution in [3.05, 3.63) is 59.8 Å². The van der Waals surface area contributed by atoms with Crippen LogP contribution in [0.3, 0.4) is 0 Å². The summed E-state index contributed by atoms with van der Waals surface area (Å²) in [6.07, 6.45) is 5.71. The van der Waals surface area contributed by atoms with Crippen LogP contribution < -0.4 is 5.32 Å². The van der Waals surface area contributed by atoms with E-state index in [0.29, 0.717) is 5.56 Å². The van der Waals surface area contributed by atoms with Crippen LogP contribution in [0.15, 0.2) is 47.3 Å². The van der Waals surface area contributed by atoms with Gasteiger partial charge in [-0.1, -0.05) is 12.1 Å². The fourth-order valence-corrected chi connectivity index (χ4v) is 2.47. The quantitative estimate of drug-likeness (QED) is 0.919. The van der Waals surface area contributed by atoms with Crippen LogP contribution in [0.2, 0.25) is 0 Å². The molecule has 98 valence electrons. The lowest BCUT2D eigenvalue weighted by Gasteiger charge is -2.43. The van der Waals surface area contributed by atoms with E-state index in [-0.39, 0.29) is 17.3 Å². The molecule has 1 aromatic carbocycles. The van der Waals surface area contributed by atoms with Gasteiger partial charge in [-0.25, -0.2) is 4.39 Å². The molecule has 1 amide bonds. The van der Waals surface area contributed by atoms with Gasteiger partial charge in [0.05, 0.1) is 17.4 Å². The maximum Gasteiger partial charge on any atom is 0.255 e. The summed E-state index contributed by atoms with van der Waals surface area (Å²) in [6.45, 7) is 0. The Labute approximate surface area is 110 Å². The van der Waals surface area contributed by atoms with Crippen LogP contribution in [-0.2, 0) is 5.54 Å². The number of carbonyl (C=O) groups is 1. The summed E-state index contributed by atoms with van der Waals surface area (Å²) >= 11 is 0. The van der Waals surface area contributed by atoms with E-state index in [0.717, 1.165) is 24.8 Å². The van der Waals surface area contributed by atoms with Crippen molar-refractivity contribution >= 4 is 5.91 Å². The van der Waals surface area contributed by atoms with Gasteiger partial charge >= 0.3 is 0 Å². The van der Waals surface area contributed by atoms with Gasteiger partial charge in [-0.05, 0) is 43.0 Å². The van der Waals surface area contributed by atoms with Gasteiger partial charge < -0.3 is 9.73 Å². The van der Waals surface area contributed by atoms with Crippen molar-refractivity contribution in [1.29, 1.82) is 0 Å². The number of halogens is 1. The molecule has 3 rings (SSSR count). The SMILES string of the molecule is O=C(NC1(c2ccc(F)cc2)CCC1)c1ccoc1. The first-order valence-corrected chi connectivity index (χ1v) is 6.30. The standard InChI is InChI=1S/C15H14FNO2/c16-13-4-2-12(3-5-13)15(7-1-8-15)17-14(18)11-6-9-19-10-11/h2-6,9-10H,1,7-8H2,(H,17,18). The summed E-state index contributed by atoms with van der Waals surface area (Å²) in [7, 11) is 0. The van der Waals surface area contributed by atoms with Crippen molar-refractivity contribution < 1.29 is 13.6 Å². The molecule has 1 aromatic heterocycles. The number of amides is 1. The predicted molar refractivity (Wildman–Crippen MR) is 68.1 cm³/mol. The second-order valence-electron chi connectivity index (χ2n) is 4.91. The summed E-state index contributed by atoms with van der Waals surface area (Å²) in [6, 6.07) is 7.97. The van der Waals surface area contributed by atoms with E-state index < -0.39 is 0 Å². The zero-order valence-corrected chi connectivity index (χ0v) is 10.4. The monoisotopic (exact) mass is 259 g/mol. The highest BCUT2D eigenvalue weighted by Gasteiger charge is 2.40. The van der Waals surface area contributed by atoms with E-state index in [2.05, 4.69) is 5.32 Å². The highest BCUT2D eigenvalue weighted by atomic mass is 19.1. The Morgan fingerprint density at radius 1 is 1.21 bits per heavy atom. The molecule has 1 saturated carbocycles. The smallest absolute Gasteiger partial charge is 0.255 e. The largest absolute Gasteiger partial charge is 0.472 e. The molecule has 0 radical (unpaired) electrons. The second-order valence-corrected chi connectivity index (χ2v) is 4.91. The maximum absolute atomic E-state index is 13.0. The summed E-state index contributed by atoms with van der Waals surface area (Å²) in [5.74, 6) is -0.419. The van der Waals surface area contributed by atoms with E-state index in [4.69, 9.17) is 4.42 Å². The Bertz CT molecular complexity index is 571. The van der Waals surface area contributed by atoms with Gasteiger partial charge in [0.2, 0.25) is 0 Å². The molecular weight excluding hydrogens is 245 g/mol. The molecule has 0 unspecified atom stereocenters. The average molecular weight is 259 g/mol. The topological polar surface area (TPSA) is 42.2 Å². The summed E-state index contributed by atoms with van der Waals surface area (Å²) in [4.78, 5) is 12.1. The molecular formula is C15H14FNO2. The third kappa shape index (κ3) is 2.14. The van der Waals surface area contributed by atoms with E-state index >= 15 is 0 Å². The Kier molecular flexibility index (Phi) is 2.85. The molecule has 1 N–H and O–H groups in total. The van der Waals surface area contributed by atoms with Crippen molar-refractivity contribution in [1.82, 2.24) is 5.32 Å². The highest BCUT2D eigenvalue weighted by Crippen LogP contribution is 2.41. The van der Waals surface area contributed by atoms with Crippen molar-refractivity contribution in [2.24, 2.45) is 0 Å². The molecule has 1 aliphatic rings. The lowest BCUT2D eigenvalue weighted by atomic mass is 9.71. The molecule has 0 aliphatic heterocycles. The number of nitrogens with one attached hydrogen (secondary N) is 1. The predicted octanol–water partition coefficient (Wildman–Crippen LogP) is 3.23. The fraction of sp³-hybridized carbons (Fsp3) is 0.267. The van der Waals surface area contributed by atoms with Gasteiger partial charge in [0, 0.05) is 0 Å². The number of benzene rings is 1. The van der Waals surface area contributed by atoms with Crippen LogP contribution in [-0.4, -0.2) is 5.91 Å². The minimum atomic E-state index is -0.359. The van der Waals surface area contributed by atoms with Gasteiger partial charge in [-0.2, -0.15) is 0 Å². The average Bonchev–Trinajstić information content (AvgIpc) is 2.89. The zero-order chi connectivity index (χ0) is 13.3. The molecule has 0 spiro atoms.